The van der Waals surface area contributed by atoms with E-state index < -0.39 is 0 Å². The Morgan fingerprint density at radius 2 is 2.04 bits per heavy atom. The molecule has 1 aliphatic carbocycles. The summed E-state index contributed by atoms with van der Waals surface area (Å²) in [7, 11) is 0. The lowest BCUT2D eigenvalue weighted by molar-refractivity contribution is -0.908. The molecule has 2 fully saturated rings. The van der Waals surface area contributed by atoms with Crippen LogP contribution >= 0.6 is 12.2 Å². The Morgan fingerprint density at radius 1 is 1.29 bits per heavy atom. The Kier molecular flexibility index (Phi) is 8.30. The number of aromatic nitrogens is 1. The Balaban J connectivity index is 1.40. The zero-order valence-corrected chi connectivity index (χ0v) is 18.2. The number of hydrazone groups is 1. The lowest BCUT2D eigenvalue weighted by atomic mass is 9.95. The number of quaternary nitrogens is 1. The molecule has 0 amide bonds. The van der Waals surface area contributed by atoms with E-state index in [1.165, 1.54) is 49.1 Å². The van der Waals surface area contributed by atoms with Crippen LogP contribution in [0.2, 0.25) is 0 Å². The molecule has 156 valence electrons. The van der Waals surface area contributed by atoms with Crippen LogP contribution in [0.1, 0.15) is 61.5 Å². The molecule has 3 rings (SSSR count). The first-order chi connectivity index (χ1) is 13.6. The van der Waals surface area contributed by atoms with Gasteiger partial charge in [-0.25, -0.2) is 0 Å². The van der Waals surface area contributed by atoms with E-state index in [1.807, 2.05) is 6.21 Å². The zero-order valence-electron chi connectivity index (χ0n) is 17.4. The van der Waals surface area contributed by atoms with E-state index in [9.17, 15) is 0 Å². The molecule has 0 atom stereocenters. The van der Waals surface area contributed by atoms with Crippen LogP contribution in [0.3, 0.4) is 0 Å². The van der Waals surface area contributed by atoms with Crippen LogP contribution in [0.5, 0.6) is 0 Å². The molecule has 0 aromatic carbocycles. The molecule has 2 aliphatic rings. The first kappa shape index (κ1) is 21.3. The number of ether oxygens (including phenoxy) is 1. The number of aryl methyl sites for hydroxylation is 1. The smallest absolute Gasteiger partial charge is 0.186 e. The molecule has 0 unspecified atom stereocenters. The van der Waals surface area contributed by atoms with Crippen molar-refractivity contribution in [2.75, 3.05) is 39.4 Å². The van der Waals surface area contributed by atoms with Gasteiger partial charge < -0.3 is 19.5 Å². The van der Waals surface area contributed by atoms with Crippen molar-refractivity contribution in [3.8, 4) is 0 Å². The van der Waals surface area contributed by atoms with Crippen molar-refractivity contribution in [3.05, 3.63) is 23.0 Å². The third kappa shape index (κ3) is 6.03. The van der Waals surface area contributed by atoms with Crippen LogP contribution in [-0.2, 0) is 4.74 Å². The number of morpholine rings is 1. The highest BCUT2D eigenvalue weighted by molar-refractivity contribution is 7.80. The Bertz CT molecular complexity index is 660. The van der Waals surface area contributed by atoms with E-state index in [0.717, 1.165) is 45.8 Å². The number of hydrogen-bond donors (Lipinski definition) is 3. The summed E-state index contributed by atoms with van der Waals surface area (Å²) in [5.41, 5.74) is 6.77. The molecule has 3 N–H and O–H groups in total. The van der Waals surface area contributed by atoms with Crippen molar-refractivity contribution < 1.29 is 9.64 Å². The molecular weight excluding hydrogens is 370 g/mol. The Morgan fingerprint density at radius 3 is 2.79 bits per heavy atom. The molecule has 0 spiro atoms. The third-order valence-corrected chi connectivity index (χ3v) is 6.26. The lowest BCUT2D eigenvalue weighted by Crippen LogP contribution is -3.14. The first-order valence-corrected chi connectivity index (χ1v) is 11.2. The average Bonchev–Trinajstić information content (AvgIpc) is 3.00. The number of rotatable bonds is 7. The van der Waals surface area contributed by atoms with Gasteiger partial charge in [-0.2, -0.15) is 5.10 Å². The molecular formula is C21H36N5OS+. The SMILES string of the molecule is Cc1cc(/C=N\NC(=S)NCCC[NH+]2CCOCC2)c(C)n1C1CCCCC1. The van der Waals surface area contributed by atoms with Crippen molar-refractivity contribution in [2.24, 2.45) is 5.10 Å². The molecule has 28 heavy (non-hydrogen) atoms. The quantitative estimate of drug-likeness (QED) is 0.279. The maximum atomic E-state index is 5.39. The molecule has 1 saturated carbocycles. The van der Waals surface area contributed by atoms with Crippen LogP contribution in [0.4, 0.5) is 0 Å². The van der Waals surface area contributed by atoms with Gasteiger partial charge in [0.15, 0.2) is 5.11 Å². The van der Waals surface area contributed by atoms with Crippen molar-refractivity contribution in [2.45, 2.75) is 58.4 Å². The van der Waals surface area contributed by atoms with E-state index in [0.29, 0.717) is 11.2 Å². The number of thiocarbonyl (C=S) groups is 1. The second kappa shape index (κ2) is 10.9. The summed E-state index contributed by atoms with van der Waals surface area (Å²) in [5.74, 6) is 0. The molecule has 0 radical (unpaired) electrons. The molecule has 6 nitrogen and oxygen atoms in total. The van der Waals surface area contributed by atoms with E-state index in [2.05, 4.69) is 40.3 Å². The van der Waals surface area contributed by atoms with Gasteiger partial charge >= 0.3 is 0 Å². The highest BCUT2D eigenvalue weighted by Gasteiger charge is 2.19. The van der Waals surface area contributed by atoms with Gasteiger partial charge in [-0.05, 0) is 45.0 Å². The largest absolute Gasteiger partial charge is 0.370 e. The zero-order chi connectivity index (χ0) is 19.8. The molecule has 1 aromatic rings. The van der Waals surface area contributed by atoms with Crippen LogP contribution in [0.25, 0.3) is 0 Å². The fraction of sp³-hybridized carbons (Fsp3) is 0.714. The highest BCUT2D eigenvalue weighted by atomic mass is 32.1. The second-order valence-corrected chi connectivity index (χ2v) is 8.49. The maximum absolute atomic E-state index is 5.39. The predicted molar refractivity (Wildman–Crippen MR) is 118 cm³/mol. The Hall–Kier alpha value is -1.44. The first-order valence-electron chi connectivity index (χ1n) is 10.8. The fourth-order valence-corrected chi connectivity index (χ4v) is 4.64. The summed E-state index contributed by atoms with van der Waals surface area (Å²) >= 11 is 5.34. The van der Waals surface area contributed by atoms with Crippen LogP contribution in [0, 0.1) is 13.8 Å². The fourth-order valence-electron chi connectivity index (χ4n) is 4.48. The topological polar surface area (TPSA) is 55.0 Å². The third-order valence-electron chi connectivity index (χ3n) is 6.03. The van der Waals surface area contributed by atoms with Crippen LogP contribution in [-0.4, -0.2) is 55.3 Å². The summed E-state index contributed by atoms with van der Waals surface area (Å²) in [4.78, 5) is 1.62. The summed E-state index contributed by atoms with van der Waals surface area (Å²) in [6.45, 7) is 10.5. The Labute approximate surface area is 174 Å². The maximum Gasteiger partial charge on any atom is 0.186 e. The van der Waals surface area contributed by atoms with Gasteiger partial charge in [0, 0.05) is 36.0 Å². The van der Waals surface area contributed by atoms with Crippen molar-refractivity contribution in [3.63, 3.8) is 0 Å². The molecule has 1 aliphatic heterocycles. The monoisotopic (exact) mass is 406 g/mol. The van der Waals surface area contributed by atoms with Gasteiger partial charge in [-0.3, -0.25) is 5.43 Å². The van der Waals surface area contributed by atoms with Gasteiger partial charge in [0.2, 0.25) is 0 Å². The minimum atomic E-state index is 0.592. The van der Waals surface area contributed by atoms with E-state index in [4.69, 9.17) is 17.0 Å². The molecule has 2 heterocycles. The molecule has 0 bridgehead atoms. The standard InChI is InChI=1S/C21H35N5OS/c1-17-15-19(18(2)26(17)20-7-4-3-5-8-20)16-23-24-21(28)22-9-6-10-25-11-13-27-14-12-25/h15-16,20H,3-14H2,1-2H3,(H2,22,24,28)/p+1/b23-16-. The normalized spacial score (nSPS) is 19.2. The average molecular weight is 407 g/mol. The predicted octanol–water partition coefficient (Wildman–Crippen LogP) is 1.71. The number of nitrogens with one attached hydrogen (secondary N) is 3. The number of nitrogens with zero attached hydrogens (tertiary/aromatic N) is 2. The lowest BCUT2D eigenvalue weighted by Gasteiger charge is -2.26. The van der Waals surface area contributed by atoms with Crippen molar-refractivity contribution >= 4 is 23.5 Å². The minimum Gasteiger partial charge on any atom is -0.370 e. The van der Waals surface area contributed by atoms with Crippen LogP contribution < -0.4 is 15.6 Å². The highest BCUT2D eigenvalue weighted by Crippen LogP contribution is 2.31. The van der Waals surface area contributed by atoms with Gasteiger partial charge in [0.05, 0.1) is 26.0 Å². The van der Waals surface area contributed by atoms with Gasteiger partial charge in [-0.15, -0.1) is 0 Å². The van der Waals surface area contributed by atoms with Gasteiger partial charge in [-0.1, -0.05) is 19.3 Å². The minimum absolute atomic E-state index is 0.592. The van der Waals surface area contributed by atoms with Gasteiger partial charge in [0.25, 0.3) is 0 Å². The number of hydrogen-bond acceptors (Lipinski definition) is 3. The van der Waals surface area contributed by atoms with Crippen molar-refractivity contribution in [1.82, 2.24) is 15.3 Å². The molecule has 7 heteroatoms. The second-order valence-electron chi connectivity index (χ2n) is 8.08. The summed E-state index contributed by atoms with van der Waals surface area (Å²) in [6, 6.07) is 2.89. The van der Waals surface area contributed by atoms with E-state index >= 15 is 0 Å². The summed E-state index contributed by atoms with van der Waals surface area (Å²) in [6.07, 6.45) is 9.67. The van der Waals surface area contributed by atoms with E-state index in [1.54, 1.807) is 4.90 Å². The summed E-state index contributed by atoms with van der Waals surface area (Å²) in [5, 5.41) is 8.20. The van der Waals surface area contributed by atoms with Crippen LogP contribution in [0.15, 0.2) is 11.2 Å². The van der Waals surface area contributed by atoms with Crippen molar-refractivity contribution in [1.29, 1.82) is 0 Å². The molecule has 1 aromatic heterocycles. The summed E-state index contributed by atoms with van der Waals surface area (Å²) < 4.78 is 7.90. The van der Waals surface area contributed by atoms with E-state index in [-0.39, 0.29) is 0 Å². The van der Waals surface area contributed by atoms with Gasteiger partial charge in [0.1, 0.15) is 13.1 Å². The molecule has 1 saturated heterocycles.